The van der Waals surface area contributed by atoms with Crippen LogP contribution in [0.25, 0.3) is 5.57 Å². The summed E-state index contributed by atoms with van der Waals surface area (Å²) in [7, 11) is 0. The predicted molar refractivity (Wildman–Crippen MR) is 104 cm³/mol. The molecular formula is C21H23N3O3. The van der Waals surface area contributed by atoms with Crippen LogP contribution in [0.2, 0.25) is 0 Å². The minimum Gasteiger partial charge on any atom is -0.491 e. The number of aliphatic hydroxyl groups is 1. The summed E-state index contributed by atoms with van der Waals surface area (Å²) in [5, 5.41) is 15.6. The molecule has 3 atom stereocenters. The minimum atomic E-state index is -0.514. The third kappa shape index (κ3) is 3.54. The molecule has 0 saturated carbocycles. The van der Waals surface area contributed by atoms with Crippen molar-refractivity contribution in [3.05, 3.63) is 66.4 Å². The van der Waals surface area contributed by atoms with Crippen molar-refractivity contribution >= 4 is 17.2 Å². The SMILES string of the molecule is C[C@H](O)COc1ccc(C2=CN(c3ccccc3)C3NCNC(=O)C23)cc1. The molecule has 0 aromatic heterocycles. The Morgan fingerprint density at radius 1 is 1.19 bits per heavy atom. The Bertz CT molecular complexity index is 834. The average Bonchev–Trinajstić information content (AvgIpc) is 3.08. The van der Waals surface area contributed by atoms with E-state index in [0.717, 1.165) is 16.8 Å². The minimum absolute atomic E-state index is 0.0258. The number of ether oxygens (including phenoxy) is 1. The summed E-state index contributed by atoms with van der Waals surface area (Å²) < 4.78 is 5.53. The van der Waals surface area contributed by atoms with Crippen LogP contribution < -0.4 is 20.3 Å². The van der Waals surface area contributed by atoms with Crippen molar-refractivity contribution in [2.75, 3.05) is 18.2 Å². The number of aliphatic hydroxyl groups excluding tert-OH is 1. The molecule has 6 nitrogen and oxygen atoms in total. The van der Waals surface area contributed by atoms with Gasteiger partial charge in [-0.1, -0.05) is 30.3 Å². The molecule has 4 rings (SSSR count). The fourth-order valence-corrected chi connectivity index (χ4v) is 3.54. The van der Waals surface area contributed by atoms with E-state index in [4.69, 9.17) is 4.74 Å². The Morgan fingerprint density at radius 2 is 1.93 bits per heavy atom. The lowest BCUT2D eigenvalue weighted by Crippen LogP contribution is -2.58. The van der Waals surface area contributed by atoms with Crippen molar-refractivity contribution < 1.29 is 14.6 Å². The highest BCUT2D eigenvalue weighted by Gasteiger charge is 2.43. The van der Waals surface area contributed by atoms with Crippen molar-refractivity contribution in [2.24, 2.45) is 5.92 Å². The molecule has 3 N–H and O–H groups in total. The van der Waals surface area contributed by atoms with Crippen LogP contribution in [0, 0.1) is 5.92 Å². The van der Waals surface area contributed by atoms with Gasteiger partial charge in [0.25, 0.3) is 0 Å². The van der Waals surface area contributed by atoms with E-state index >= 15 is 0 Å². The standard InChI is InChI=1S/C21H23N3O3/c1-14(25)12-27-17-9-7-15(8-10-17)18-11-24(16-5-3-2-4-6-16)20-19(18)21(26)23-13-22-20/h2-11,14,19-20,22,25H,12-13H2,1H3,(H,23,26)/t14-,19?,20?/m0/s1. The van der Waals surface area contributed by atoms with Crippen LogP contribution in [0.15, 0.2) is 60.8 Å². The highest BCUT2D eigenvalue weighted by Crippen LogP contribution is 2.38. The molecule has 2 aliphatic rings. The van der Waals surface area contributed by atoms with E-state index in [1.807, 2.05) is 60.8 Å². The molecule has 0 radical (unpaired) electrons. The number of amides is 1. The number of anilines is 1. The number of rotatable bonds is 5. The lowest BCUT2D eigenvalue weighted by atomic mass is 9.91. The number of carbonyl (C=O) groups is 1. The van der Waals surface area contributed by atoms with E-state index in [9.17, 15) is 9.90 Å². The number of hydrogen-bond donors (Lipinski definition) is 3. The Morgan fingerprint density at radius 3 is 2.63 bits per heavy atom. The first kappa shape index (κ1) is 17.6. The van der Waals surface area contributed by atoms with Crippen molar-refractivity contribution in [3.63, 3.8) is 0 Å². The summed E-state index contributed by atoms with van der Waals surface area (Å²) in [5.41, 5.74) is 2.99. The van der Waals surface area contributed by atoms with Crippen molar-refractivity contribution in [1.29, 1.82) is 0 Å². The van der Waals surface area contributed by atoms with Crippen LogP contribution >= 0.6 is 0 Å². The maximum atomic E-state index is 12.6. The molecule has 27 heavy (non-hydrogen) atoms. The molecule has 1 saturated heterocycles. The van der Waals surface area contributed by atoms with Crippen molar-refractivity contribution in [2.45, 2.75) is 19.2 Å². The van der Waals surface area contributed by atoms with E-state index in [1.165, 1.54) is 0 Å². The van der Waals surface area contributed by atoms with E-state index < -0.39 is 6.10 Å². The zero-order chi connectivity index (χ0) is 18.8. The van der Waals surface area contributed by atoms with E-state index in [2.05, 4.69) is 15.5 Å². The van der Waals surface area contributed by atoms with Gasteiger partial charge in [0.2, 0.25) is 5.91 Å². The Kier molecular flexibility index (Phi) is 4.83. The third-order valence-electron chi connectivity index (χ3n) is 4.82. The van der Waals surface area contributed by atoms with Gasteiger partial charge in [-0.15, -0.1) is 0 Å². The number of hydrogen-bond acceptors (Lipinski definition) is 5. The van der Waals surface area contributed by atoms with E-state index in [-0.39, 0.29) is 24.6 Å². The maximum Gasteiger partial charge on any atom is 0.232 e. The van der Waals surface area contributed by atoms with Crippen LogP contribution in [0.5, 0.6) is 5.75 Å². The van der Waals surface area contributed by atoms with Gasteiger partial charge in [-0.2, -0.15) is 0 Å². The second kappa shape index (κ2) is 7.42. The Balaban J connectivity index is 1.64. The highest BCUT2D eigenvalue weighted by atomic mass is 16.5. The summed E-state index contributed by atoms with van der Waals surface area (Å²) in [5.74, 6) is 0.432. The number of nitrogens with zero attached hydrogens (tertiary/aromatic N) is 1. The first-order valence-electron chi connectivity index (χ1n) is 9.11. The summed E-state index contributed by atoms with van der Waals surface area (Å²) in [6, 6.07) is 17.7. The van der Waals surface area contributed by atoms with Gasteiger partial charge in [0.15, 0.2) is 0 Å². The first-order valence-corrected chi connectivity index (χ1v) is 9.11. The van der Waals surface area contributed by atoms with Gasteiger partial charge >= 0.3 is 0 Å². The van der Waals surface area contributed by atoms with E-state index in [0.29, 0.717) is 12.4 Å². The zero-order valence-corrected chi connectivity index (χ0v) is 15.1. The van der Waals surface area contributed by atoms with Crippen LogP contribution in [0.3, 0.4) is 0 Å². The van der Waals surface area contributed by atoms with Gasteiger partial charge in [0.1, 0.15) is 18.5 Å². The molecule has 0 bridgehead atoms. The Hall–Kier alpha value is -2.83. The normalized spacial score (nSPS) is 22.7. The summed E-state index contributed by atoms with van der Waals surface area (Å²) >= 11 is 0. The molecule has 1 fully saturated rings. The predicted octanol–water partition coefficient (Wildman–Crippen LogP) is 1.93. The largest absolute Gasteiger partial charge is 0.491 e. The second-order valence-corrected chi connectivity index (χ2v) is 6.86. The molecule has 2 heterocycles. The monoisotopic (exact) mass is 365 g/mol. The number of fused-ring (bicyclic) bond motifs is 1. The molecule has 2 aromatic carbocycles. The fraction of sp³-hybridized carbons (Fsp3) is 0.286. The zero-order valence-electron chi connectivity index (χ0n) is 15.1. The van der Waals surface area contributed by atoms with E-state index in [1.54, 1.807) is 6.92 Å². The third-order valence-corrected chi connectivity index (χ3v) is 4.82. The smallest absolute Gasteiger partial charge is 0.232 e. The van der Waals surface area contributed by atoms with Crippen LogP contribution in [-0.2, 0) is 4.79 Å². The van der Waals surface area contributed by atoms with Gasteiger partial charge in [-0.05, 0) is 42.3 Å². The summed E-state index contributed by atoms with van der Waals surface area (Å²) in [4.78, 5) is 14.7. The molecule has 2 aromatic rings. The van der Waals surface area contributed by atoms with Gasteiger partial charge in [-0.25, -0.2) is 0 Å². The van der Waals surface area contributed by atoms with Crippen LogP contribution in [-0.4, -0.2) is 36.6 Å². The molecule has 0 spiro atoms. The quantitative estimate of drug-likeness (QED) is 0.755. The molecule has 6 heteroatoms. The number of para-hydroxylation sites is 1. The number of carbonyl (C=O) groups excluding carboxylic acids is 1. The molecule has 2 unspecified atom stereocenters. The molecule has 0 aliphatic carbocycles. The number of nitrogens with one attached hydrogen (secondary N) is 2. The van der Waals surface area contributed by atoms with Gasteiger partial charge in [-0.3, -0.25) is 10.1 Å². The average molecular weight is 365 g/mol. The van der Waals surface area contributed by atoms with Crippen LogP contribution in [0.1, 0.15) is 12.5 Å². The van der Waals surface area contributed by atoms with Gasteiger partial charge in [0.05, 0.1) is 18.7 Å². The number of benzene rings is 2. The Labute approximate surface area is 158 Å². The van der Waals surface area contributed by atoms with Gasteiger partial charge in [0, 0.05) is 11.9 Å². The first-order chi connectivity index (χ1) is 13.1. The molecule has 2 aliphatic heterocycles. The van der Waals surface area contributed by atoms with Crippen molar-refractivity contribution in [1.82, 2.24) is 10.6 Å². The van der Waals surface area contributed by atoms with Crippen molar-refractivity contribution in [3.8, 4) is 5.75 Å². The topological polar surface area (TPSA) is 73.8 Å². The maximum absolute atomic E-state index is 12.6. The summed E-state index contributed by atoms with van der Waals surface area (Å²) in [6.07, 6.45) is 1.43. The highest BCUT2D eigenvalue weighted by molar-refractivity contribution is 5.96. The molecule has 140 valence electrons. The molecule has 1 amide bonds. The molecular weight excluding hydrogens is 342 g/mol. The lowest BCUT2D eigenvalue weighted by Gasteiger charge is -2.34. The van der Waals surface area contributed by atoms with Gasteiger partial charge < -0.3 is 20.1 Å². The second-order valence-electron chi connectivity index (χ2n) is 6.86. The lowest BCUT2D eigenvalue weighted by molar-refractivity contribution is -0.125. The summed E-state index contributed by atoms with van der Waals surface area (Å²) in [6.45, 7) is 2.39. The van der Waals surface area contributed by atoms with Crippen LogP contribution in [0.4, 0.5) is 5.69 Å². The fourth-order valence-electron chi connectivity index (χ4n) is 3.54.